The first-order chi connectivity index (χ1) is 10.5. The highest BCUT2D eigenvalue weighted by Crippen LogP contribution is 2.26. The van der Waals surface area contributed by atoms with Gasteiger partial charge in [0.25, 0.3) is 0 Å². The number of hydrogen-bond acceptors (Lipinski definition) is 3. The fourth-order valence-electron chi connectivity index (χ4n) is 2.19. The second-order valence-corrected chi connectivity index (χ2v) is 5.67. The molecule has 0 aliphatic carbocycles. The number of aliphatic carboxylic acids is 1. The van der Waals surface area contributed by atoms with Crippen molar-refractivity contribution in [3.63, 3.8) is 0 Å². The number of thioether (sulfide) groups is 1. The Morgan fingerprint density at radius 1 is 1.09 bits per heavy atom. The highest BCUT2D eigenvalue weighted by molar-refractivity contribution is 7.98. The molecule has 0 saturated heterocycles. The van der Waals surface area contributed by atoms with Gasteiger partial charge in [-0.15, -0.1) is 11.8 Å². The molecule has 0 radical (unpaired) electrons. The summed E-state index contributed by atoms with van der Waals surface area (Å²) in [5, 5.41) is 9.07. The Morgan fingerprint density at radius 3 is 2.18 bits per heavy atom. The van der Waals surface area contributed by atoms with Crippen LogP contribution in [0.4, 0.5) is 4.39 Å². The van der Waals surface area contributed by atoms with E-state index in [1.165, 1.54) is 24.3 Å². The Bertz CT molecular complexity index is 665. The van der Waals surface area contributed by atoms with Crippen molar-refractivity contribution in [2.24, 2.45) is 0 Å². The normalized spacial score (nSPS) is 11.9. The fourth-order valence-corrected chi connectivity index (χ4v) is 2.60. The maximum absolute atomic E-state index is 13.0. The van der Waals surface area contributed by atoms with Crippen molar-refractivity contribution >= 4 is 23.5 Å². The lowest BCUT2D eigenvalue weighted by Gasteiger charge is -2.15. The lowest BCUT2D eigenvalue weighted by atomic mass is 9.88. The van der Waals surface area contributed by atoms with E-state index in [9.17, 15) is 14.0 Å². The van der Waals surface area contributed by atoms with Gasteiger partial charge in [-0.25, -0.2) is 4.39 Å². The van der Waals surface area contributed by atoms with E-state index in [0.29, 0.717) is 11.1 Å². The second-order valence-electron chi connectivity index (χ2n) is 4.79. The first-order valence-electron chi connectivity index (χ1n) is 6.67. The van der Waals surface area contributed by atoms with Gasteiger partial charge >= 0.3 is 5.97 Å². The summed E-state index contributed by atoms with van der Waals surface area (Å²) in [6.45, 7) is 0. The first kappa shape index (κ1) is 16.2. The van der Waals surface area contributed by atoms with Crippen LogP contribution in [0.1, 0.15) is 28.3 Å². The molecule has 114 valence electrons. The molecule has 0 heterocycles. The van der Waals surface area contributed by atoms with Crippen LogP contribution in [-0.4, -0.2) is 23.1 Å². The highest BCUT2D eigenvalue weighted by atomic mass is 32.2. The third kappa shape index (κ3) is 3.95. The van der Waals surface area contributed by atoms with Crippen LogP contribution in [0.3, 0.4) is 0 Å². The number of carboxylic acids is 1. The van der Waals surface area contributed by atoms with Gasteiger partial charge in [0.15, 0.2) is 5.78 Å². The topological polar surface area (TPSA) is 54.4 Å². The van der Waals surface area contributed by atoms with Gasteiger partial charge in [-0.1, -0.05) is 12.1 Å². The van der Waals surface area contributed by atoms with E-state index in [4.69, 9.17) is 5.11 Å². The predicted octanol–water partition coefficient (Wildman–Crippen LogP) is 3.99. The van der Waals surface area contributed by atoms with Crippen LogP contribution < -0.4 is 0 Å². The molecule has 0 spiro atoms. The lowest BCUT2D eigenvalue weighted by Crippen LogP contribution is -2.17. The van der Waals surface area contributed by atoms with Gasteiger partial charge in [-0.3, -0.25) is 9.59 Å². The molecule has 2 aromatic carbocycles. The molecular formula is C17H15FO3S. The Balaban J connectivity index is 2.33. The minimum Gasteiger partial charge on any atom is -0.481 e. The summed E-state index contributed by atoms with van der Waals surface area (Å²) in [5.74, 6) is -2.58. The van der Waals surface area contributed by atoms with E-state index in [0.717, 1.165) is 4.90 Å². The molecule has 1 N–H and O–H groups in total. The van der Waals surface area contributed by atoms with E-state index in [1.807, 2.05) is 18.4 Å². The minimum atomic E-state index is -1.05. The maximum Gasteiger partial charge on any atom is 0.304 e. The number of benzene rings is 2. The van der Waals surface area contributed by atoms with Gasteiger partial charge in [-0.05, 0) is 48.2 Å². The molecule has 1 unspecified atom stereocenters. The molecule has 2 aromatic rings. The smallest absolute Gasteiger partial charge is 0.304 e. The number of Topliss-reactive ketones (excluding diaryl/α,β-unsaturated/α-hetero) is 1. The third-order valence-corrected chi connectivity index (χ3v) is 4.09. The van der Waals surface area contributed by atoms with Crippen molar-refractivity contribution in [1.82, 2.24) is 0 Å². The van der Waals surface area contributed by atoms with Crippen molar-refractivity contribution in [3.8, 4) is 0 Å². The number of hydrogen-bond donors (Lipinski definition) is 1. The van der Waals surface area contributed by atoms with E-state index in [1.54, 1.807) is 23.9 Å². The summed E-state index contributed by atoms with van der Waals surface area (Å²) >= 11 is 1.57. The summed E-state index contributed by atoms with van der Waals surface area (Å²) in [6.07, 6.45) is 1.64. The predicted molar refractivity (Wildman–Crippen MR) is 83.9 cm³/mol. The average molecular weight is 318 g/mol. The summed E-state index contributed by atoms with van der Waals surface area (Å²) < 4.78 is 13.0. The summed E-state index contributed by atoms with van der Waals surface area (Å²) in [5.41, 5.74) is 0.955. The van der Waals surface area contributed by atoms with Gasteiger partial charge in [-0.2, -0.15) is 0 Å². The first-order valence-corrected chi connectivity index (χ1v) is 7.89. The number of halogens is 1. The highest BCUT2D eigenvalue weighted by Gasteiger charge is 2.24. The largest absolute Gasteiger partial charge is 0.481 e. The monoisotopic (exact) mass is 318 g/mol. The quantitative estimate of drug-likeness (QED) is 0.646. The van der Waals surface area contributed by atoms with Crippen LogP contribution in [-0.2, 0) is 4.79 Å². The molecule has 1 atom stereocenters. The Hall–Kier alpha value is -2.14. The van der Waals surface area contributed by atoms with E-state index in [-0.39, 0.29) is 12.2 Å². The number of carbonyl (C=O) groups excluding carboxylic acids is 1. The fraction of sp³-hybridized carbons (Fsp3) is 0.176. The van der Waals surface area contributed by atoms with Gasteiger partial charge < -0.3 is 5.11 Å². The molecule has 0 aliphatic heterocycles. The van der Waals surface area contributed by atoms with Crippen molar-refractivity contribution in [2.75, 3.05) is 6.26 Å². The number of carbonyl (C=O) groups is 2. The van der Waals surface area contributed by atoms with Crippen LogP contribution in [0.15, 0.2) is 53.4 Å². The van der Waals surface area contributed by atoms with E-state index < -0.39 is 17.7 Å². The number of carboxylic acid groups (broad SMARTS) is 1. The van der Waals surface area contributed by atoms with Gasteiger partial charge in [0.1, 0.15) is 5.82 Å². The van der Waals surface area contributed by atoms with Gasteiger partial charge in [0.2, 0.25) is 0 Å². The molecule has 3 nitrogen and oxygen atoms in total. The van der Waals surface area contributed by atoms with Crippen molar-refractivity contribution in [3.05, 3.63) is 65.5 Å². The van der Waals surface area contributed by atoms with Crippen LogP contribution in [0.25, 0.3) is 0 Å². The lowest BCUT2D eigenvalue weighted by molar-refractivity contribution is -0.137. The van der Waals surface area contributed by atoms with Crippen LogP contribution in [0.5, 0.6) is 0 Å². The molecular weight excluding hydrogens is 303 g/mol. The third-order valence-electron chi connectivity index (χ3n) is 3.34. The summed E-state index contributed by atoms with van der Waals surface area (Å²) in [4.78, 5) is 24.7. The number of rotatable bonds is 6. The molecule has 0 fully saturated rings. The zero-order valence-corrected chi connectivity index (χ0v) is 12.8. The molecule has 22 heavy (non-hydrogen) atoms. The standard InChI is InChI=1S/C17H15FO3S/c1-22-14-8-4-11(5-9-14)15(10-16(19)20)17(21)12-2-6-13(18)7-3-12/h2-9,15H,10H2,1H3,(H,19,20). The van der Waals surface area contributed by atoms with Gasteiger partial charge in [0.05, 0.1) is 12.3 Å². The molecule has 0 aromatic heterocycles. The molecule has 5 heteroatoms. The zero-order valence-electron chi connectivity index (χ0n) is 12.0. The SMILES string of the molecule is CSc1ccc(C(CC(=O)O)C(=O)c2ccc(F)cc2)cc1. The Kier molecular flexibility index (Phi) is 5.33. The Morgan fingerprint density at radius 2 is 1.68 bits per heavy atom. The molecule has 0 aliphatic rings. The molecule has 0 bridgehead atoms. The number of ketones is 1. The molecule has 0 saturated carbocycles. The summed E-state index contributed by atoms with van der Waals surface area (Å²) in [6, 6.07) is 12.4. The van der Waals surface area contributed by atoms with Gasteiger partial charge in [0, 0.05) is 10.5 Å². The zero-order chi connectivity index (χ0) is 16.1. The van der Waals surface area contributed by atoms with Crippen molar-refractivity contribution < 1.29 is 19.1 Å². The Labute approximate surface area is 132 Å². The minimum absolute atomic E-state index is 0.297. The average Bonchev–Trinajstić information content (AvgIpc) is 2.53. The summed E-state index contributed by atoms with van der Waals surface area (Å²) in [7, 11) is 0. The second kappa shape index (κ2) is 7.22. The van der Waals surface area contributed by atoms with Crippen molar-refractivity contribution in [1.29, 1.82) is 0 Å². The van der Waals surface area contributed by atoms with Crippen LogP contribution in [0.2, 0.25) is 0 Å². The van der Waals surface area contributed by atoms with Crippen molar-refractivity contribution in [2.45, 2.75) is 17.2 Å². The molecule has 2 rings (SSSR count). The van der Waals surface area contributed by atoms with E-state index >= 15 is 0 Å². The maximum atomic E-state index is 13.0. The van der Waals surface area contributed by atoms with Crippen LogP contribution >= 0.6 is 11.8 Å². The molecule has 0 amide bonds. The van der Waals surface area contributed by atoms with Crippen LogP contribution in [0, 0.1) is 5.82 Å². The van der Waals surface area contributed by atoms with E-state index in [2.05, 4.69) is 0 Å².